The van der Waals surface area contributed by atoms with E-state index in [4.69, 9.17) is 10.5 Å². The molecule has 2 heterocycles. The molecule has 25 heavy (non-hydrogen) atoms. The third-order valence-corrected chi connectivity index (χ3v) is 4.69. The molecule has 1 aromatic rings. The number of carbonyl (C=O) groups excluding carboxylic acids is 3. The highest BCUT2D eigenvalue weighted by atomic mass is 16.5. The number of carbonyl (C=O) groups is 3. The van der Waals surface area contributed by atoms with E-state index < -0.39 is 12.1 Å². The summed E-state index contributed by atoms with van der Waals surface area (Å²) in [4.78, 5) is 40.4. The van der Waals surface area contributed by atoms with Crippen molar-refractivity contribution in [1.82, 2.24) is 14.7 Å². The normalized spacial score (nSPS) is 20.1. The molecule has 0 bridgehead atoms. The number of imide groups is 1. The average molecular weight is 346 g/mol. The van der Waals surface area contributed by atoms with Crippen LogP contribution in [0, 0.1) is 13.8 Å². The summed E-state index contributed by atoms with van der Waals surface area (Å²) < 4.78 is 5.79. The third-order valence-electron chi connectivity index (χ3n) is 4.69. The monoisotopic (exact) mass is 346 g/mol. The number of nitrogens with zero attached hydrogens (tertiary/aromatic N) is 3. The number of hydrogen-bond acceptors (Lipinski definition) is 4. The molecule has 2 fully saturated rings. The smallest absolute Gasteiger partial charge is 0.327 e. The molecule has 3 rings (SSSR count). The Morgan fingerprint density at radius 2 is 1.92 bits per heavy atom. The summed E-state index contributed by atoms with van der Waals surface area (Å²) in [6.45, 7) is 5.11. The Balaban J connectivity index is 1.63. The fourth-order valence-corrected chi connectivity index (χ4v) is 3.32. The van der Waals surface area contributed by atoms with Crippen LogP contribution in [0.5, 0.6) is 5.75 Å². The maximum Gasteiger partial charge on any atom is 0.327 e. The molecule has 1 atom stereocenters. The van der Waals surface area contributed by atoms with Gasteiger partial charge >= 0.3 is 12.1 Å². The number of piperazine rings is 1. The van der Waals surface area contributed by atoms with Gasteiger partial charge in [0.2, 0.25) is 0 Å². The number of benzene rings is 1. The van der Waals surface area contributed by atoms with Gasteiger partial charge in [-0.1, -0.05) is 18.2 Å². The minimum Gasteiger partial charge on any atom is -0.491 e. The third kappa shape index (κ3) is 3.11. The zero-order valence-electron chi connectivity index (χ0n) is 14.4. The van der Waals surface area contributed by atoms with Gasteiger partial charge in [-0.3, -0.25) is 9.69 Å². The number of hydrogen-bond donors (Lipinski definition) is 1. The lowest BCUT2D eigenvalue weighted by Gasteiger charge is -2.34. The zero-order valence-corrected chi connectivity index (χ0v) is 14.4. The van der Waals surface area contributed by atoms with Crippen LogP contribution in [-0.2, 0) is 4.79 Å². The highest BCUT2D eigenvalue weighted by Gasteiger charge is 2.47. The van der Waals surface area contributed by atoms with Crippen LogP contribution in [-0.4, -0.2) is 71.5 Å². The molecule has 8 nitrogen and oxygen atoms in total. The van der Waals surface area contributed by atoms with E-state index in [1.807, 2.05) is 32.0 Å². The van der Waals surface area contributed by atoms with Gasteiger partial charge in [0, 0.05) is 13.1 Å². The Labute approximate surface area is 146 Å². The Morgan fingerprint density at radius 3 is 2.56 bits per heavy atom. The van der Waals surface area contributed by atoms with Gasteiger partial charge in [0.05, 0.1) is 13.1 Å². The lowest BCUT2D eigenvalue weighted by molar-refractivity contribution is -0.129. The van der Waals surface area contributed by atoms with Crippen LogP contribution >= 0.6 is 0 Å². The van der Waals surface area contributed by atoms with Crippen molar-refractivity contribution < 1.29 is 19.1 Å². The van der Waals surface area contributed by atoms with Crippen LogP contribution in [0.15, 0.2) is 18.2 Å². The molecule has 2 saturated heterocycles. The highest BCUT2D eigenvalue weighted by molar-refractivity contribution is 6.04. The topological polar surface area (TPSA) is 96.2 Å². The number of urea groups is 2. The SMILES string of the molecule is Cc1cccc(C)c1OCCN1C(=O)C2CN(C(N)=O)CCN2C1=O. The van der Waals surface area contributed by atoms with E-state index in [1.54, 1.807) is 0 Å². The van der Waals surface area contributed by atoms with Crippen molar-refractivity contribution in [2.24, 2.45) is 5.73 Å². The van der Waals surface area contributed by atoms with Crippen LogP contribution in [0.4, 0.5) is 9.59 Å². The maximum atomic E-state index is 12.5. The summed E-state index contributed by atoms with van der Waals surface area (Å²) >= 11 is 0. The molecule has 0 aliphatic carbocycles. The second-order valence-electron chi connectivity index (χ2n) is 6.34. The van der Waals surface area contributed by atoms with Crippen molar-refractivity contribution in [1.29, 1.82) is 0 Å². The minimum absolute atomic E-state index is 0.147. The van der Waals surface area contributed by atoms with Gasteiger partial charge in [-0.2, -0.15) is 0 Å². The molecule has 0 spiro atoms. The predicted octanol–water partition coefficient (Wildman–Crippen LogP) is 0.709. The van der Waals surface area contributed by atoms with Crippen molar-refractivity contribution in [3.8, 4) is 5.75 Å². The standard InChI is InChI=1S/C17H22N4O4/c1-11-4-3-5-12(2)14(11)25-9-8-21-15(22)13-10-19(16(18)23)6-7-20(13)17(21)24/h3-5,13H,6-10H2,1-2H3,(H2,18,23). The van der Waals surface area contributed by atoms with E-state index in [0.717, 1.165) is 16.9 Å². The fraction of sp³-hybridized carbons (Fsp3) is 0.471. The van der Waals surface area contributed by atoms with Crippen molar-refractivity contribution in [3.05, 3.63) is 29.3 Å². The fourth-order valence-electron chi connectivity index (χ4n) is 3.32. The molecule has 134 valence electrons. The minimum atomic E-state index is -0.644. The second-order valence-corrected chi connectivity index (χ2v) is 6.34. The van der Waals surface area contributed by atoms with E-state index in [1.165, 1.54) is 14.7 Å². The molecule has 2 N–H and O–H groups in total. The average Bonchev–Trinajstić information content (AvgIpc) is 2.81. The molecule has 0 radical (unpaired) electrons. The molecule has 2 aliphatic rings. The molecule has 0 saturated carbocycles. The number of aryl methyl sites for hydroxylation is 2. The molecule has 1 unspecified atom stereocenters. The number of primary amides is 1. The van der Waals surface area contributed by atoms with Gasteiger partial charge in [-0.25, -0.2) is 9.59 Å². The van der Waals surface area contributed by atoms with Crippen molar-refractivity contribution >= 4 is 18.0 Å². The molecule has 0 aromatic heterocycles. The summed E-state index contributed by atoms with van der Waals surface area (Å²) in [6, 6.07) is 4.31. The van der Waals surface area contributed by atoms with Crippen molar-refractivity contribution in [2.75, 3.05) is 32.8 Å². The van der Waals surface area contributed by atoms with Gasteiger partial charge in [-0.15, -0.1) is 0 Å². The summed E-state index contributed by atoms with van der Waals surface area (Å²) in [6.07, 6.45) is 0. The van der Waals surface area contributed by atoms with Crippen molar-refractivity contribution in [3.63, 3.8) is 0 Å². The first-order valence-electron chi connectivity index (χ1n) is 8.25. The van der Waals surface area contributed by atoms with Crippen LogP contribution in [0.1, 0.15) is 11.1 Å². The van der Waals surface area contributed by atoms with Gasteiger partial charge in [0.1, 0.15) is 18.4 Å². The number of ether oxygens (including phenoxy) is 1. The Bertz CT molecular complexity index is 700. The summed E-state index contributed by atoms with van der Waals surface area (Å²) in [5.74, 6) is 0.472. The van der Waals surface area contributed by atoms with E-state index in [2.05, 4.69) is 0 Å². The summed E-state index contributed by atoms with van der Waals surface area (Å²) in [7, 11) is 0. The van der Waals surface area contributed by atoms with E-state index >= 15 is 0 Å². The lowest BCUT2D eigenvalue weighted by atomic mass is 10.1. The first kappa shape index (κ1) is 17.1. The van der Waals surface area contributed by atoms with Crippen LogP contribution in [0.3, 0.4) is 0 Å². The molecule has 8 heteroatoms. The van der Waals surface area contributed by atoms with Gasteiger partial charge < -0.3 is 20.3 Å². The molecular formula is C17H22N4O4. The molecular weight excluding hydrogens is 324 g/mol. The first-order valence-corrected chi connectivity index (χ1v) is 8.25. The van der Waals surface area contributed by atoms with E-state index in [-0.39, 0.29) is 31.6 Å². The van der Waals surface area contributed by atoms with E-state index in [9.17, 15) is 14.4 Å². The molecule has 2 aliphatic heterocycles. The van der Waals surface area contributed by atoms with Gasteiger partial charge in [0.25, 0.3) is 5.91 Å². The van der Waals surface area contributed by atoms with E-state index in [0.29, 0.717) is 13.1 Å². The van der Waals surface area contributed by atoms with Gasteiger partial charge in [0.15, 0.2) is 0 Å². The summed E-state index contributed by atoms with van der Waals surface area (Å²) in [5.41, 5.74) is 7.29. The van der Waals surface area contributed by atoms with Crippen molar-refractivity contribution in [2.45, 2.75) is 19.9 Å². The second kappa shape index (κ2) is 6.62. The molecule has 5 amide bonds. The number of para-hydroxylation sites is 1. The number of rotatable bonds is 4. The first-order chi connectivity index (χ1) is 11.9. The quantitative estimate of drug-likeness (QED) is 0.812. The number of nitrogens with two attached hydrogens (primary N) is 1. The zero-order chi connectivity index (χ0) is 18.1. The number of amides is 5. The Hall–Kier alpha value is -2.77. The highest BCUT2D eigenvalue weighted by Crippen LogP contribution is 2.24. The van der Waals surface area contributed by atoms with Crippen LogP contribution in [0.2, 0.25) is 0 Å². The predicted molar refractivity (Wildman–Crippen MR) is 90.2 cm³/mol. The van der Waals surface area contributed by atoms with Crippen LogP contribution in [0.25, 0.3) is 0 Å². The van der Waals surface area contributed by atoms with Crippen LogP contribution < -0.4 is 10.5 Å². The number of fused-ring (bicyclic) bond motifs is 1. The maximum absolute atomic E-state index is 12.5. The van der Waals surface area contributed by atoms with Gasteiger partial charge in [-0.05, 0) is 25.0 Å². The summed E-state index contributed by atoms with van der Waals surface area (Å²) in [5, 5.41) is 0. The lowest BCUT2D eigenvalue weighted by Crippen LogP contribution is -2.55. The Kier molecular flexibility index (Phi) is 4.52. The molecule has 1 aromatic carbocycles. The largest absolute Gasteiger partial charge is 0.491 e. The Morgan fingerprint density at radius 1 is 1.24 bits per heavy atom.